The van der Waals surface area contributed by atoms with Crippen LogP contribution in [0.4, 0.5) is 0 Å². The molecule has 12 rings (SSSR count). The minimum absolute atomic E-state index is 0.598. The lowest BCUT2D eigenvalue weighted by Crippen LogP contribution is -2.08. The highest BCUT2D eigenvalue weighted by Gasteiger charge is 2.26. The van der Waals surface area contributed by atoms with E-state index in [0.29, 0.717) is 17.6 Å². The van der Waals surface area contributed by atoms with E-state index in [1.807, 2.05) is 30.3 Å². The highest BCUT2D eigenvalue weighted by Crippen LogP contribution is 2.43. The molecule has 0 N–H and O–H groups in total. The van der Waals surface area contributed by atoms with Crippen molar-refractivity contribution in [1.82, 2.24) is 29.1 Å². The summed E-state index contributed by atoms with van der Waals surface area (Å²) in [6, 6.07) is 67.9. The van der Waals surface area contributed by atoms with E-state index in [1.54, 1.807) is 0 Å². The van der Waals surface area contributed by atoms with Crippen LogP contribution in [0.1, 0.15) is 17.7 Å². The number of para-hydroxylation sites is 1. The van der Waals surface area contributed by atoms with Crippen molar-refractivity contribution in [1.29, 1.82) is 0 Å². The number of pyridine rings is 1. The lowest BCUT2D eigenvalue weighted by Gasteiger charge is -2.13. The van der Waals surface area contributed by atoms with Crippen LogP contribution in [-0.2, 0) is 6.42 Å². The minimum Gasteiger partial charge on any atom is -0.309 e. The lowest BCUT2D eigenvalue weighted by atomic mass is 9.98. The van der Waals surface area contributed by atoms with Crippen LogP contribution in [-0.4, -0.2) is 29.1 Å². The molecular weight excluding hydrogens is 757 g/mol. The van der Waals surface area contributed by atoms with Gasteiger partial charge in [-0.2, -0.15) is 9.97 Å². The van der Waals surface area contributed by atoms with Gasteiger partial charge in [-0.05, 0) is 84.1 Å². The van der Waals surface area contributed by atoms with Crippen LogP contribution in [0.25, 0.3) is 107 Å². The van der Waals surface area contributed by atoms with Crippen molar-refractivity contribution < 1.29 is 0 Å². The summed E-state index contributed by atoms with van der Waals surface area (Å²) >= 11 is 0. The van der Waals surface area contributed by atoms with Crippen LogP contribution >= 0.6 is 0 Å². The number of nitrogens with zero attached hydrogens (tertiary/aromatic N) is 6. The first-order chi connectivity index (χ1) is 30.7. The van der Waals surface area contributed by atoms with Gasteiger partial charge >= 0.3 is 0 Å². The van der Waals surface area contributed by atoms with E-state index in [0.717, 1.165) is 85.5 Å². The maximum Gasteiger partial charge on any atom is 0.238 e. The molecule has 0 saturated heterocycles. The molecule has 6 nitrogen and oxygen atoms in total. The molecule has 0 aliphatic heterocycles. The number of allylic oxidation sites excluding steroid dienone is 1. The monoisotopic (exact) mass is 794 g/mol. The molecule has 0 atom stereocenters. The summed E-state index contributed by atoms with van der Waals surface area (Å²) in [6.07, 6.45) is 6.41. The fourth-order valence-corrected chi connectivity index (χ4v) is 9.20. The predicted molar refractivity (Wildman–Crippen MR) is 253 cm³/mol. The Morgan fingerprint density at radius 2 is 0.968 bits per heavy atom. The van der Waals surface area contributed by atoms with Gasteiger partial charge in [-0.25, -0.2) is 9.97 Å². The molecule has 4 heterocycles. The molecule has 1 aliphatic carbocycles. The van der Waals surface area contributed by atoms with Crippen LogP contribution in [0, 0.1) is 0 Å². The van der Waals surface area contributed by atoms with Crippen molar-refractivity contribution in [2.75, 3.05) is 0 Å². The Labute approximate surface area is 358 Å². The van der Waals surface area contributed by atoms with Crippen molar-refractivity contribution in [3.63, 3.8) is 0 Å². The summed E-state index contributed by atoms with van der Waals surface area (Å²) in [5, 5.41) is 3.69. The smallest absolute Gasteiger partial charge is 0.238 e. The number of hydrogen-bond donors (Lipinski definition) is 0. The molecule has 292 valence electrons. The highest BCUT2D eigenvalue weighted by molar-refractivity contribution is 6.22. The van der Waals surface area contributed by atoms with Gasteiger partial charge in [0.1, 0.15) is 0 Å². The molecule has 6 heteroatoms. The zero-order valence-corrected chi connectivity index (χ0v) is 33.7. The second kappa shape index (κ2) is 14.8. The second-order valence-electron chi connectivity index (χ2n) is 15.8. The number of aryl methyl sites for hydroxylation is 1. The number of rotatable bonds is 7. The third-order valence-electron chi connectivity index (χ3n) is 12.1. The topological polar surface area (TPSA) is 61.4 Å². The molecule has 4 aromatic heterocycles. The van der Waals surface area contributed by atoms with Crippen LogP contribution in [0.3, 0.4) is 0 Å². The number of fused-ring (bicyclic) bond motifs is 7. The second-order valence-corrected chi connectivity index (χ2v) is 15.8. The first kappa shape index (κ1) is 35.7. The van der Waals surface area contributed by atoms with Crippen molar-refractivity contribution in [2.45, 2.75) is 12.8 Å². The van der Waals surface area contributed by atoms with E-state index in [1.165, 1.54) is 21.7 Å². The van der Waals surface area contributed by atoms with E-state index in [-0.39, 0.29) is 0 Å². The predicted octanol–water partition coefficient (Wildman–Crippen LogP) is 13.6. The Kier molecular flexibility index (Phi) is 8.52. The standard InChI is InChI=1S/C56H38N6/c1-4-16-37(17-5-1)41-22-14-23-42(36-41)55-58-54(40-20-8-3-9-21-40)59-56(60-55)62-49-29-13-11-25-45(49)53-51(62)35-34-50-52(53)44-24-10-12-28-48(44)61(50)43-32-30-39(31-33-43)47-27-15-26-46(57-47)38-18-6-2-7-19-38/h1-10,12-24,26-36H,11,25H2. The van der Waals surface area contributed by atoms with Crippen molar-refractivity contribution in [3.8, 4) is 68.1 Å². The Balaban J connectivity index is 1.04. The zero-order valence-electron chi connectivity index (χ0n) is 33.7. The largest absolute Gasteiger partial charge is 0.309 e. The van der Waals surface area contributed by atoms with Crippen molar-refractivity contribution >= 4 is 38.8 Å². The SMILES string of the molecule is C1=Cc2c(c3c4c5ccccc5n(-c5ccc(-c6cccc(-c7ccccc7)n6)cc5)c4ccc3n2-c2nc(-c3ccccc3)nc(-c3cccc(-c4ccccc4)c3)n2)CC1. The normalized spacial score (nSPS) is 12.3. The molecule has 11 aromatic rings. The molecule has 62 heavy (non-hydrogen) atoms. The van der Waals surface area contributed by atoms with Gasteiger partial charge in [-0.15, -0.1) is 0 Å². The number of hydrogen-bond acceptors (Lipinski definition) is 4. The van der Waals surface area contributed by atoms with E-state index in [9.17, 15) is 0 Å². The summed E-state index contributed by atoms with van der Waals surface area (Å²) in [6.45, 7) is 0. The van der Waals surface area contributed by atoms with Gasteiger partial charge in [0, 0.05) is 44.1 Å². The number of benzene rings is 7. The van der Waals surface area contributed by atoms with Gasteiger partial charge in [-0.3, -0.25) is 4.57 Å². The van der Waals surface area contributed by atoms with E-state index >= 15 is 0 Å². The van der Waals surface area contributed by atoms with Crippen LogP contribution in [0.5, 0.6) is 0 Å². The minimum atomic E-state index is 0.598. The summed E-state index contributed by atoms with van der Waals surface area (Å²) in [4.78, 5) is 20.7. The number of aromatic nitrogens is 6. The molecule has 0 fully saturated rings. The fourth-order valence-electron chi connectivity index (χ4n) is 9.20. The lowest BCUT2D eigenvalue weighted by molar-refractivity contribution is 0.902. The molecule has 0 unspecified atom stereocenters. The van der Waals surface area contributed by atoms with Crippen LogP contribution in [0.15, 0.2) is 200 Å². The summed E-state index contributed by atoms with van der Waals surface area (Å²) in [5.41, 5.74) is 15.1. The molecular formula is C56H38N6. The molecule has 0 saturated carbocycles. The maximum atomic E-state index is 5.31. The molecule has 0 bridgehead atoms. The van der Waals surface area contributed by atoms with Crippen LogP contribution in [0.2, 0.25) is 0 Å². The Bertz CT molecular complexity index is 3490. The maximum absolute atomic E-state index is 5.31. The van der Waals surface area contributed by atoms with E-state index in [4.69, 9.17) is 19.9 Å². The average Bonchev–Trinajstić information content (AvgIpc) is 3.88. The van der Waals surface area contributed by atoms with Gasteiger partial charge in [0.15, 0.2) is 11.6 Å². The first-order valence-corrected chi connectivity index (χ1v) is 21.1. The van der Waals surface area contributed by atoms with Gasteiger partial charge in [-0.1, -0.05) is 152 Å². The Morgan fingerprint density at radius 3 is 1.71 bits per heavy atom. The Hall–Kier alpha value is -8.22. The van der Waals surface area contributed by atoms with Gasteiger partial charge < -0.3 is 4.57 Å². The highest BCUT2D eigenvalue weighted by atomic mass is 15.2. The van der Waals surface area contributed by atoms with Crippen molar-refractivity contribution in [3.05, 3.63) is 211 Å². The van der Waals surface area contributed by atoms with Gasteiger partial charge in [0.2, 0.25) is 5.95 Å². The third-order valence-corrected chi connectivity index (χ3v) is 12.1. The molecule has 0 radical (unpaired) electrons. The quantitative estimate of drug-likeness (QED) is 0.161. The third kappa shape index (κ3) is 6.03. The average molecular weight is 795 g/mol. The zero-order chi connectivity index (χ0) is 41.0. The van der Waals surface area contributed by atoms with Crippen molar-refractivity contribution in [2.24, 2.45) is 0 Å². The molecule has 0 spiro atoms. The van der Waals surface area contributed by atoms with Gasteiger partial charge in [0.25, 0.3) is 0 Å². The summed E-state index contributed by atoms with van der Waals surface area (Å²) in [5.74, 6) is 1.86. The molecule has 1 aliphatic rings. The Morgan fingerprint density at radius 1 is 0.387 bits per heavy atom. The molecule has 7 aromatic carbocycles. The van der Waals surface area contributed by atoms with E-state index in [2.05, 4.69) is 185 Å². The fraction of sp³-hybridized carbons (Fsp3) is 0.0357. The van der Waals surface area contributed by atoms with E-state index < -0.39 is 0 Å². The van der Waals surface area contributed by atoms with Gasteiger partial charge in [0.05, 0.1) is 33.6 Å². The molecule has 0 amide bonds. The summed E-state index contributed by atoms with van der Waals surface area (Å²) < 4.78 is 4.66. The first-order valence-electron chi connectivity index (χ1n) is 21.1. The van der Waals surface area contributed by atoms with Crippen LogP contribution < -0.4 is 0 Å². The summed E-state index contributed by atoms with van der Waals surface area (Å²) in [7, 11) is 0.